The number of rotatable bonds is 4. The Balaban J connectivity index is 2.59. The molecule has 0 saturated heterocycles. The maximum absolute atomic E-state index is 11.4. The van der Waals surface area contributed by atoms with E-state index in [0.717, 1.165) is 0 Å². The minimum Gasteiger partial charge on any atom is -0.452 e. The molecule has 0 fully saturated rings. The average molecular weight is 242 g/mol. The van der Waals surface area contributed by atoms with Gasteiger partial charge in [-0.25, -0.2) is 0 Å². The molecule has 1 amide bonds. The van der Waals surface area contributed by atoms with Gasteiger partial charge < -0.3 is 10.5 Å². The lowest BCUT2D eigenvalue weighted by molar-refractivity contribution is -0.153. The zero-order valence-electron chi connectivity index (χ0n) is 8.77. The number of carbonyl (C=O) groups excluding carboxylic acids is 2. The van der Waals surface area contributed by atoms with Crippen LogP contribution in [0, 0.1) is 0 Å². The second kappa shape index (κ2) is 5.51. The molecule has 5 heteroatoms. The third-order valence-electron chi connectivity index (χ3n) is 2.00. The maximum atomic E-state index is 11.4. The summed E-state index contributed by atoms with van der Waals surface area (Å²) < 4.78 is 4.80. The monoisotopic (exact) mass is 241 g/mol. The van der Waals surface area contributed by atoms with Crippen molar-refractivity contribution in [2.75, 3.05) is 0 Å². The van der Waals surface area contributed by atoms with Crippen LogP contribution in [0.15, 0.2) is 24.3 Å². The Labute approximate surface area is 98.3 Å². The van der Waals surface area contributed by atoms with Gasteiger partial charge in [0.15, 0.2) is 6.10 Å². The van der Waals surface area contributed by atoms with Crippen LogP contribution in [0.5, 0.6) is 0 Å². The maximum Gasteiger partial charge on any atom is 0.311 e. The Morgan fingerprint density at radius 1 is 1.44 bits per heavy atom. The molecule has 0 spiro atoms. The van der Waals surface area contributed by atoms with Gasteiger partial charge in [-0.15, -0.1) is 0 Å². The molecule has 0 aliphatic rings. The van der Waals surface area contributed by atoms with Gasteiger partial charge in [-0.3, -0.25) is 9.59 Å². The summed E-state index contributed by atoms with van der Waals surface area (Å²) in [6.45, 7) is 1.42. The predicted molar refractivity (Wildman–Crippen MR) is 59.9 cm³/mol. The molecule has 86 valence electrons. The van der Waals surface area contributed by atoms with E-state index in [4.69, 9.17) is 22.1 Å². The van der Waals surface area contributed by atoms with Gasteiger partial charge in [0.05, 0.1) is 6.42 Å². The summed E-state index contributed by atoms with van der Waals surface area (Å²) in [4.78, 5) is 22.1. The lowest BCUT2D eigenvalue weighted by atomic mass is 10.1. The molecule has 1 rings (SSSR count). The first-order valence-electron chi connectivity index (χ1n) is 4.73. The molecule has 0 aromatic heterocycles. The van der Waals surface area contributed by atoms with Gasteiger partial charge in [-0.05, 0) is 18.6 Å². The number of carbonyl (C=O) groups is 2. The van der Waals surface area contributed by atoms with Crippen molar-refractivity contribution in [1.29, 1.82) is 0 Å². The van der Waals surface area contributed by atoms with Crippen LogP contribution in [0.25, 0.3) is 0 Å². The third-order valence-corrected chi connectivity index (χ3v) is 2.37. The number of amides is 1. The van der Waals surface area contributed by atoms with E-state index in [1.54, 1.807) is 24.3 Å². The van der Waals surface area contributed by atoms with Crippen molar-refractivity contribution in [3.05, 3.63) is 34.9 Å². The molecule has 0 bridgehead atoms. The molecule has 0 saturated carbocycles. The van der Waals surface area contributed by atoms with Crippen LogP contribution >= 0.6 is 11.6 Å². The van der Waals surface area contributed by atoms with Crippen LogP contribution in [-0.2, 0) is 20.7 Å². The quantitative estimate of drug-likeness (QED) is 0.808. The molecule has 2 N–H and O–H groups in total. The largest absolute Gasteiger partial charge is 0.452 e. The first-order chi connectivity index (χ1) is 7.50. The highest BCUT2D eigenvalue weighted by Gasteiger charge is 2.15. The predicted octanol–water partition coefficient (Wildman–Crippen LogP) is 1.30. The van der Waals surface area contributed by atoms with Gasteiger partial charge in [0.2, 0.25) is 0 Å². The zero-order valence-corrected chi connectivity index (χ0v) is 9.53. The first-order valence-corrected chi connectivity index (χ1v) is 5.10. The van der Waals surface area contributed by atoms with Crippen molar-refractivity contribution < 1.29 is 14.3 Å². The molecule has 16 heavy (non-hydrogen) atoms. The molecule has 0 aliphatic carbocycles. The number of hydrogen-bond donors (Lipinski definition) is 1. The van der Waals surface area contributed by atoms with Crippen LogP contribution in [0.4, 0.5) is 0 Å². The second-order valence-corrected chi connectivity index (χ2v) is 3.71. The SMILES string of the molecule is C[C@H](OC(=O)Cc1ccccc1Cl)C(N)=O. The number of primary amides is 1. The molecule has 0 radical (unpaired) electrons. The van der Waals surface area contributed by atoms with E-state index >= 15 is 0 Å². The Morgan fingerprint density at radius 2 is 2.06 bits per heavy atom. The van der Waals surface area contributed by atoms with Gasteiger partial charge >= 0.3 is 5.97 Å². The molecule has 1 atom stereocenters. The molecule has 0 heterocycles. The second-order valence-electron chi connectivity index (χ2n) is 3.30. The fourth-order valence-corrected chi connectivity index (χ4v) is 1.30. The minimum atomic E-state index is -0.921. The minimum absolute atomic E-state index is 0.0251. The van der Waals surface area contributed by atoms with E-state index in [1.807, 2.05) is 0 Å². The van der Waals surface area contributed by atoms with Crippen molar-refractivity contribution >= 4 is 23.5 Å². The average Bonchev–Trinajstić information content (AvgIpc) is 2.21. The number of esters is 1. The zero-order chi connectivity index (χ0) is 12.1. The standard InChI is InChI=1S/C11H12ClNO3/c1-7(11(13)15)16-10(14)6-8-4-2-3-5-9(8)12/h2-5,7H,6H2,1H3,(H2,13,15)/t7-/m0/s1. The Morgan fingerprint density at radius 3 is 2.62 bits per heavy atom. The van der Waals surface area contributed by atoms with E-state index in [9.17, 15) is 9.59 Å². The number of halogens is 1. The van der Waals surface area contributed by atoms with Crippen LogP contribution in [0.2, 0.25) is 5.02 Å². The summed E-state index contributed by atoms with van der Waals surface area (Å²) in [7, 11) is 0. The molecule has 0 unspecified atom stereocenters. The van der Waals surface area contributed by atoms with Gasteiger partial charge in [0, 0.05) is 5.02 Å². The number of nitrogens with two attached hydrogens (primary N) is 1. The van der Waals surface area contributed by atoms with Gasteiger partial charge in [-0.2, -0.15) is 0 Å². The van der Waals surface area contributed by atoms with Crippen LogP contribution in [0.3, 0.4) is 0 Å². The van der Waals surface area contributed by atoms with Crippen LogP contribution in [-0.4, -0.2) is 18.0 Å². The fourth-order valence-electron chi connectivity index (χ4n) is 1.09. The topological polar surface area (TPSA) is 69.4 Å². The highest BCUT2D eigenvalue weighted by atomic mass is 35.5. The van der Waals surface area contributed by atoms with E-state index in [1.165, 1.54) is 6.92 Å². The Hall–Kier alpha value is -1.55. The molecule has 4 nitrogen and oxygen atoms in total. The van der Waals surface area contributed by atoms with E-state index < -0.39 is 18.0 Å². The molecule has 0 aliphatic heterocycles. The molecular weight excluding hydrogens is 230 g/mol. The van der Waals surface area contributed by atoms with Crippen molar-refractivity contribution in [2.24, 2.45) is 5.73 Å². The third kappa shape index (κ3) is 3.55. The van der Waals surface area contributed by atoms with Crippen LogP contribution < -0.4 is 5.73 Å². The van der Waals surface area contributed by atoms with Crippen molar-refractivity contribution in [2.45, 2.75) is 19.4 Å². The van der Waals surface area contributed by atoms with Gasteiger partial charge in [0.1, 0.15) is 0 Å². The lowest BCUT2D eigenvalue weighted by Gasteiger charge is -2.09. The van der Waals surface area contributed by atoms with Crippen LogP contribution in [0.1, 0.15) is 12.5 Å². The van der Waals surface area contributed by atoms with Crippen molar-refractivity contribution in [3.8, 4) is 0 Å². The normalized spacial score (nSPS) is 11.9. The lowest BCUT2D eigenvalue weighted by Crippen LogP contribution is -2.30. The Kier molecular flexibility index (Phi) is 4.31. The van der Waals surface area contributed by atoms with Gasteiger partial charge in [-0.1, -0.05) is 29.8 Å². The number of hydrogen-bond acceptors (Lipinski definition) is 3. The fraction of sp³-hybridized carbons (Fsp3) is 0.273. The summed E-state index contributed by atoms with van der Waals surface area (Å²) in [6, 6.07) is 6.94. The summed E-state index contributed by atoms with van der Waals surface area (Å²) >= 11 is 5.87. The highest BCUT2D eigenvalue weighted by molar-refractivity contribution is 6.31. The highest BCUT2D eigenvalue weighted by Crippen LogP contribution is 2.15. The number of ether oxygens (including phenoxy) is 1. The van der Waals surface area contributed by atoms with E-state index in [0.29, 0.717) is 10.6 Å². The summed E-state index contributed by atoms with van der Waals surface area (Å²) in [5.41, 5.74) is 5.62. The number of benzene rings is 1. The van der Waals surface area contributed by atoms with E-state index in [-0.39, 0.29) is 6.42 Å². The molecule has 1 aromatic rings. The van der Waals surface area contributed by atoms with Gasteiger partial charge in [0.25, 0.3) is 5.91 Å². The van der Waals surface area contributed by atoms with Crippen molar-refractivity contribution in [1.82, 2.24) is 0 Å². The Bertz CT molecular complexity index is 406. The van der Waals surface area contributed by atoms with E-state index in [2.05, 4.69) is 0 Å². The summed E-state index contributed by atoms with van der Waals surface area (Å²) in [6.07, 6.45) is -0.896. The summed E-state index contributed by atoms with van der Waals surface area (Å²) in [5.74, 6) is -1.20. The summed E-state index contributed by atoms with van der Waals surface area (Å²) in [5, 5.41) is 0.492. The smallest absolute Gasteiger partial charge is 0.311 e. The molecular formula is C11H12ClNO3. The first kappa shape index (κ1) is 12.5. The molecule has 1 aromatic carbocycles. The van der Waals surface area contributed by atoms with Crippen molar-refractivity contribution in [3.63, 3.8) is 0 Å².